The molecule has 1 aliphatic rings. The fraction of sp³-hybridized carbons (Fsp3) is 0.500. The highest BCUT2D eigenvalue weighted by atomic mass is 79.9. The largest absolute Gasteiger partial charge is 0.352 e. The predicted octanol–water partition coefficient (Wildman–Crippen LogP) is 3.33. The van der Waals surface area contributed by atoms with Crippen molar-refractivity contribution in [1.29, 1.82) is 0 Å². The zero-order chi connectivity index (χ0) is 13.7. The molecular formula is C14H18Br2N2O. The Labute approximate surface area is 130 Å². The summed E-state index contributed by atoms with van der Waals surface area (Å²) in [7, 11) is 0. The van der Waals surface area contributed by atoms with Gasteiger partial charge >= 0.3 is 0 Å². The molecule has 2 N–H and O–H groups in total. The van der Waals surface area contributed by atoms with Gasteiger partial charge in [-0.2, -0.15) is 0 Å². The molecule has 1 amide bonds. The lowest BCUT2D eigenvalue weighted by atomic mass is 9.96. The van der Waals surface area contributed by atoms with Gasteiger partial charge in [0.1, 0.15) is 0 Å². The van der Waals surface area contributed by atoms with Crippen LogP contribution in [0.25, 0.3) is 0 Å². The van der Waals surface area contributed by atoms with Crippen LogP contribution in [0.3, 0.4) is 0 Å². The zero-order valence-corrected chi connectivity index (χ0v) is 13.9. The van der Waals surface area contributed by atoms with Crippen LogP contribution < -0.4 is 10.6 Å². The van der Waals surface area contributed by atoms with Crippen LogP contribution in [0.2, 0.25) is 0 Å². The summed E-state index contributed by atoms with van der Waals surface area (Å²) < 4.78 is 1.78. The SMILES string of the molecule is O=C(NCCC1CCCNC1)c1ccc(Br)cc1Br. The first-order valence-corrected chi connectivity index (χ1v) is 8.19. The van der Waals surface area contributed by atoms with Crippen LogP contribution in [-0.4, -0.2) is 25.5 Å². The molecule has 19 heavy (non-hydrogen) atoms. The van der Waals surface area contributed by atoms with E-state index in [1.165, 1.54) is 12.8 Å². The Morgan fingerprint density at radius 2 is 2.26 bits per heavy atom. The molecule has 5 heteroatoms. The summed E-state index contributed by atoms with van der Waals surface area (Å²) in [5.74, 6) is 0.686. The van der Waals surface area contributed by atoms with E-state index in [1.807, 2.05) is 18.2 Å². The summed E-state index contributed by atoms with van der Waals surface area (Å²) in [6.07, 6.45) is 3.56. The Morgan fingerprint density at radius 1 is 1.42 bits per heavy atom. The minimum Gasteiger partial charge on any atom is -0.352 e. The van der Waals surface area contributed by atoms with Crippen LogP contribution >= 0.6 is 31.9 Å². The predicted molar refractivity (Wildman–Crippen MR) is 84.4 cm³/mol. The zero-order valence-electron chi connectivity index (χ0n) is 10.7. The molecule has 1 aromatic carbocycles. The number of benzene rings is 1. The molecule has 1 aliphatic heterocycles. The van der Waals surface area contributed by atoms with Gasteiger partial charge in [-0.25, -0.2) is 0 Å². The van der Waals surface area contributed by atoms with Crippen molar-refractivity contribution < 1.29 is 4.79 Å². The van der Waals surface area contributed by atoms with E-state index >= 15 is 0 Å². The maximum absolute atomic E-state index is 12.0. The van der Waals surface area contributed by atoms with Crippen molar-refractivity contribution in [2.45, 2.75) is 19.3 Å². The number of amides is 1. The van der Waals surface area contributed by atoms with Crippen molar-refractivity contribution in [3.8, 4) is 0 Å². The van der Waals surface area contributed by atoms with E-state index in [4.69, 9.17) is 0 Å². The van der Waals surface area contributed by atoms with Gasteiger partial charge in [0, 0.05) is 15.5 Å². The van der Waals surface area contributed by atoms with Crippen molar-refractivity contribution in [3.63, 3.8) is 0 Å². The minimum absolute atomic E-state index is 0.0110. The molecule has 0 aliphatic carbocycles. The van der Waals surface area contributed by atoms with Crippen molar-refractivity contribution in [1.82, 2.24) is 10.6 Å². The Hall–Kier alpha value is -0.390. The van der Waals surface area contributed by atoms with Crippen molar-refractivity contribution in [2.75, 3.05) is 19.6 Å². The first kappa shape index (κ1) is 15.0. The Bertz CT molecular complexity index is 445. The number of carbonyl (C=O) groups is 1. The van der Waals surface area contributed by atoms with Crippen LogP contribution in [0.15, 0.2) is 27.1 Å². The lowest BCUT2D eigenvalue weighted by molar-refractivity contribution is 0.0950. The summed E-state index contributed by atoms with van der Waals surface area (Å²) in [4.78, 5) is 12.0. The number of hydrogen-bond donors (Lipinski definition) is 2. The molecule has 3 nitrogen and oxygen atoms in total. The third-order valence-electron chi connectivity index (χ3n) is 3.41. The summed E-state index contributed by atoms with van der Waals surface area (Å²) in [6.45, 7) is 2.96. The first-order valence-electron chi connectivity index (χ1n) is 6.61. The van der Waals surface area contributed by atoms with Crippen LogP contribution in [-0.2, 0) is 0 Å². The number of hydrogen-bond acceptors (Lipinski definition) is 2. The standard InChI is InChI=1S/C14H18Br2N2O/c15-11-3-4-12(13(16)8-11)14(19)18-7-5-10-2-1-6-17-9-10/h3-4,8,10,17H,1-2,5-7,9H2,(H,18,19). The van der Waals surface area contributed by atoms with Gasteiger partial charge in [0.15, 0.2) is 0 Å². The van der Waals surface area contributed by atoms with Gasteiger partial charge in [-0.15, -0.1) is 0 Å². The van der Waals surface area contributed by atoms with Crippen molar-refractivity contribution >= 4 is 37.8 Å². The average Bonchev–Trinajstić information content (AvgIpc) is 2.39. The molecule has 104 valence electrons. The molecule has 0 bridgehead atoms. The van der Waals surface area contributed by atoms with Gasteiger partial charge in [0.2, 0.25) is 0 Å². The molecule has 1 aromatic rings. The summed E-state index contributed by atoms with van der Waals surface area (Å²) in [5.41, 5.74) is 0.685. The van der Waals surface area contributed by atoms with Crippen LogP contribution in [0.1, 0.15) is 29.6 Å². The molecule has 2 rings (SSSR count). The lowest BCUT2D eigenvalue weighted by Gasteiger charge is -2.22. The first-order chi connectivity index (χ1) is 9.16. The maximum atomic E-state index is 12.0. The van der Waals surface area contributed by atoms with E-state index in [0.717, 1.165) is 35.0 Å². The third kappa shape index (κ3) is 4.58. The van der Waals surface area contributed by atoms with Gasteiger partial charge in [0.25, 0.3) is 5.91 Å². The van der Waals surface area contributed by atoms with Crippen LogP contribution in [0.4, 0.5) is 0 Å². The van der Waals surface area contributed by atoms with E-state index < -0.39 is 0 Å². The van der Waals surface area contributed by atoms with E-state index in [0.29, 0.717) is 11.5 Å². The highest BCUT2D eigenvalue weighted by Crippen LogP contribution is 2.22. The van der Waals surface area contributed by atoms with E-state index in [2.05, 4.69) is 42.5 Å². The summed E-state index contributed by atoms with van der Waals surface area (Å²) in [5, 5.41) is 6.39. The van der Waals surface area contributed by atoms with Gasteiger partial charge in [-0.3, -0.25) is 4.79 Å². The Morgan fingerprint density at radius 3 is 2.95 bits per heavy atom. The molecule has 0 aromatic heterocycles. The van der Waals surface area contributed by atoms with Crippen LogP contribution in [0, 0.1) is 5.92 Å². The maximum Gasteiger partial charge on any atom is 0.252 e. The van der Waals surface area contributed by atoms with E-state index in [9.17, 15) is 4.79 Å². The second kappa shape index (κ2) is 7.41. The normalized spacial score (nSPS) is 19.2. The number of halogens is 2. The number of carbonyl (C=O) groups excluding carboxylic acids is 1. The average molecular weight is 390 g/mol. The van der Waals surface area contributed by atoms with Crippen molar-refractivity contribution in [2.24, 2.45) is 5.92 Å². The number of rotatable bonds is 4. The van der Waals surface area contributed by atoms with Crippen LogP contribution in [0.5, 0.6) is 0 Å². The number of piperidine rings is 1. The van der Waals surface area contributed by atoms with E-state index in [1.54, 1.807) is 0 Å². The fourth-order valence-electron chi connectivity index (χ4n) is 2.33. The van der Waals surface area contributed by atoms with Gasteiger partial charge in [-0.05, 0) is 72.4 Å². The molecule has 1 heterocycles. The molecular weight excluding hydrogens is 372 g/mol. The second-order valence-corrected chi connectivity index (χ2v) is 6.65. The topological polar surface area (TPSA) is 41.1 Å². The second-order valence-electron chi connectivity index (χ2n) is 4.88. The van der Waals surface area contributed by atoms with Gasteiger partial charge < -0.3 is 10.6 Å². The Kier molecular flexibility index (Phi) is 5.85. The summed E-state index contributed by atoms with van der Waals surface area (Å²) in [6, 6.07) is 5.59. The smallest absolute Gasteiger partial charge is 0.252 e. The molecule has 1 saturated heterocycles. The molecule has 0 spiro atoms. The quantitative estimate of drug-likeness (QED) is 0.829. The molecule has 1 fully saturated rings. The fourth-order valence-corrected chi connectivity index (χ4v) is 3.56. The molecule has 0 saturated carbocycles. The highest BCUT2D eigenvalue weighted by Gasteiger charge is 2.14. The molecule has 1 atom stereocenters. The summed E-state index contributed by atoms with van der Waals surface area (Å²) >= 11 is 6.80. The highest BCUT2D eigenvalue weighted by molar-refractivity contribution is 9.11. The monoisotopic (exact) mass is 388 g/mol. The molecule has 1 unspecified atom stereocenters. The van der Waals surface area contributed by atoms with Gasteiger partial charge in [-0.1, -0.05) is 15.9 Å². The van der Waals surface area contributed by atoms with E-state index in [-0.39, 0.29) is 5.91 Å². The molecule has 0 radical (unpaired) electrons. The number of nitrogens with one attached hydrogen (secondary N) is 2. The Balaban J connectivity index is 1.80. The van der Waals surface area contributed by atoms with Gasteiger partial charge in [0.05, 0.1) is 5.56 Å². The minimum atomic E-state index is -0.0110. The van der Waals surface area contributed by atoms with Crippen molar-refractivity contribution in [3.05, 3.63) is 32.7 Å². The lowest BCUT2D eigenvalue weighted by Crippen LogP contribution is -2.33. The third-order valence-corrected chi connectivity index (χ3v) is 4.56.